The molecule has 0 unspecified atom stereocenters. The lowest BCUT2D eigenvalue weighted by Crippen LogP contribution is -2.13. The van der Waals surface area contributed by atoms with Crippen LogP contribution in [0.5, 0.6) is 0 Å². The van der Waals surface area contributed by atoms with E-state index in [2.05, 4.69) is 10.3 Å². The molecule has 0 atom stereocenters. The van der Waals surface area contributed by atoms with Gasteiger partial charge in [0.25, 0.3) is 0 Å². The highest BCUT2D eigenvalue weighted by atomic mass is 35.5. The molecule has 0 fully saturated rings. The lowest BCUT2D eigenvalue weighted by atomic mass is 10.4. The number of hydrogen-bond acceptors (Lipinski definition) is 5. The summed E-state index contributed by atoms with van der Waals surface area (Å²) in [5.41, 5.74) is 6.03. The van der Waals surface area contributed by atoms with Gasteiger partial charge in [0.15, 0.2) is 9.84 Å². The van der Waals surface area contributed by atoms with E-state index in [-0.39, 0.29) is 23.7 Å². The molecule has 1 aromatic carbocycles. The van der Waals surface area contributed by atoms with Crippen LogP contribution in [-0.4, -0.2) is 29.2 Å². The normalized spacial score (nSPS) is 11.7. The quantitative estimate of drug-likeness (QED) is 0.884. The van der Waals surface area contributed by atoms with Crippen molar-refractivity contribution in [2.45, 2.75) is 18.0 Å². The number of aryl methyl sites for hydroxylation is 1. The van der Waals surface area contributed by atoms with E-state index in [0.29, 0.717) is 10.7 Å². The van der Waals surface area contributed by atoms with Crippen LogP contribution in [0.2, 0.25) is 5.02 Å². The fraction of sp³-hybridized carbons (Fsp3) is 0.273. The molecule has 0 saturated heterocycles. The van der Waals surface area contributed by atoms with Crippen molar-refractivity contribution in [1.29, 1.82) is 0 Å². The first kappa shape index (κ1) is 14.0. The molecule has 1 heterocycles. The minimum Gasteiger partial charge on any atom is -0.325 e. The Labute approximate surface area is 116 Å². The van der Waals surface area contributed by atoms with Crippen molar-refractivity contribution in [1.82, 2.24) is 15.0 Å². The Hall–Kier alpha value is -1.44. The average Bonchev–Trinajstić information content (AvgIpc) is 2.85. The monoisotopic (exact) mass is 300 g/mol. The second kappa shape index (κ2) is 5.68. The smallest absolute Gasteiger partial charge is 0.180 e. The summed E-state index contributed by atoms with van der Waals surface area (Å²) in [7, 11) is -3.35. The van der Waals surface area contributed by atoms with Gasteiger partial charge in [-0.1, -0.05) is 16.8 Å². The lowest BCUT2D eigenvalue weighted by molar-refractivity contribution is 0.575. The van der Waals surface area contributed by atoms with Crippen molar-refractivity contribution in [2.75, 3.05) is 5.75 Å². The molecule has 0 saturated carbocycles. The van der Waals surface area contributed by atoms with Crippen LogP contribution in [0.4, 0.5) is 0 Å². The Kier molecular flexibility index (Phi) is 4.18. The highest BCUT2D eigenvalue weighted by molar-refractivity contribution is 7.91. The van der Waals surface area contributed by atoms with Crippen molar-refractivity contribution in [3.8, 4) is 0 Å². The second-order valence-electron chi connectivity index (χ2n) is 3.95. The zero-order valence-corrected chi connectivity index (χ0v) is 11.6. The molecule has 2 N–H and O–H groups in total. The first-order chi connectivity index (χ1) is 9.01. The third-order valence-corrected chi connectivity index (χ3v) is 4.52. The predicted octanol–water partition coefficient (Wildman–Crippen LogP) is 0.864. The first-order valence-electron chi connectivity index (χ1n) is 5.58. The number of halogens is 1. The summed E-state index contributed by atoms with van der Waals surface area (Å²) in [5, 5.41) is 8.10. The maximum Gasteiger partial charge on any atom is 0.180 e. The summed E-state index contributed by atoms with van der Waals surface area (Å²) < 4.78 is 25.6. The molecule has 2 rings (SSSR count). The van der Waals surface area contributed by atoms with Gasteiger partial charge in [-0.15, -0.1) is 5.10 Å². The molecule has 8 heteroatoms. The summed E-state index contributed by atoms with van der Waals surface area (Å²) in [6, 6.07) is 6.08. The van der Waals surface area contributed by atoms with Gasteiger partial charge in [0.2, 0.25) is 0 Å². The highest BCUT2D eigenvalue weighted by Crippen LogP contribution is 2.15. The topological polar surface area (TPSA) is 90.9 Å². The second-order valence-corrected chi connectivity index (χ2v) is 6.50. The van der Waals surface area contributed by atoms with Gasteiger partial charge in [0.05, 0.1) is 22.9 Å². The van der Waals surface area contributed by atoms with Crippen molar-refractivity contribution < 1.29 is 8.42 Å². The van der Waals surface area contributed by atoms with E-state index in [1.54, 1.807) is 18.3 Å². The standard InChI is InChI=1S/C11H13ClN4O2S/c12-9-1-3-11(4-2-9)19(17,18)6-5-16-8-10(7-13)14-15-16/h1-4,8H,5-7,13H2. The molecule has 0 bridgehead atoms. The van der Waals surface area contributed by atoms with E-state index in [1.165, 1.54) is 16.8 Å². The molecule has 0 amide bonds. The van der Waals surface area contributed by atoms with Crippen LogP contribution in [0, 0.1) is 0 Å². The lowest BCUT2D eigenvalue weighted by Gasteiger charge is -2.04. The first-order valence-corrected chi connectivity index (χ1v) is 7.62. The maximum atomic E-state index is 12.1. The number of nitrogens with two attached hydrogens (primary N) is 1. The molecule has 0 aliphatic carbocycles. The number of nitrogens with zero attached hydrogens (tertiary/aromatic N) is 3. The van der Waals surface area contributed by atoms with Crippen LogP contribution < -0.4 is 5.73 Å². The van der Waals surface area contributed by atoms with Gasteiger partial charge in [-0.2, -0.15) is 0 Å². The molecular weight excluding hydrogens is 288 g/mol. The molecule has 0 aliphatic heterocycles. The average molecular weight is 301 g/mol. The van der Waals surface area contributed by atoms with E-state index in [1.807, 2.05) is 0 Å². The molecule has 102 valence electrons. The van der Waals surface area contributed by atoms with Gasteiger partial charge in [0.1, 0.15) is 0 Å². The summed E-state index contributed by atoms with van der Waals surface area (Å²) in [6.07, 6.45) is 1.64. The van der Waals surface area contributed by atoms with Crippen molar-refractivity contribution in [3.05, 3.63) is 41.2 Å². The Bertz CT molecular complexity index is 652. The summed E-state index contributed by atoms with van der Waals surface area (Å²) in [4.78, 5) is 0.246. The Morgan fingerprint density at radius 2 is 1.95 bits per heavy atom. The third kappa shape index (κ3) is 3.52. The Morgan fingerprint density at radius 1 is 1.26 bits per heavy atom. The molecule has 0 aliphatic rings. The van der Waals surface area contributed by atoms with Gasteiger partial charge < -0.3 is 5.73 Å². The summed E-state index contributed by atoms with van der Waals surface area (Å²) in [5.74, 6) is -0.0536. The van der Waals surface area contributed by atoms with Crippen LogP contribution in [0.1, 0.15) is 5.69 Å². The molecule has 19 heavy (non-hydrogen) atoms. The third-order valence-electron chi connectivity index (χ3n) is 2.56. The number of benzene rings is 1. The molecular formula is C11H13ClN4O2S. The van der Waals surface area contributed by atoms with E-state index in [0.717, 1.165) is 0 Å². The minimum atomic E-state index is -3.35. The zero-order chi connectivity index (χ0) is 13.9. The predicted molar refractivity (Wildman–Crippen MR) is 71.4 cm³/mol. The van der Waals surface area contributed by atoms with Crippen LogP contribution >= 0.6 is 11.6 Å². The van der Waals surface area contributed by atoms with Crippen molar-refractivity contribution in [2.24, 2.45) is 5.73 Å². The number of hydrogen-bond donors (Lipinski definition) is 1. The number of sulfone groups is 1. The molecule has 0 spiro atoms. The molecule has 2 aromatic rings. The Morgan fingerprint density at radius 3 is 2.53 bits per heavy atom. The van der Waals surface area contributed by atoms with E-state index < -0.39 is 9.84 Å². The van der Waals surface area contributed by atoms with Gasteiger partial charge in [-0.05, 0) is 24.3 Å². The maximum absolute atomic E-state index is 12.1. The summed E-state index contributed by atoms with van der Waals surface area (Å²) in [6.45, 7) is 0.516. The van der Waals surface area contributed by atoms with E-state index in [4.69, 9.17) is 17.3 Å². The fourth-order valence-electron chi connectivity index (χ4n) is 1.51. The minimum absolute atomic E-state index is 0.0536. The fourth-order valence-corrected chi connectivity index (χ4v) is 2.85. The molecule has 6 nitrogen and oxygen atoms in total. The van der Waals surface area contributed by atoms with Crippen LogP contribution in [-0.2, 0) is 22.9 Å². The van der Waals surface area contributed by atoms with Crippen molar-refractivity contribution >= 4 is 21.4 Å². The van der Waals surface area contributed by atoms with Crippen LogP contribution in [0.15, 0.2) is 35.4 Å². The van der Waals surface area contributed by atoms with E-state index in [9.17, 15) is 8.42 Å². The van der Waals surface area contributed by atoms with Gasteiger partial charge in [-0.3, -0.25) is 4.68 Å². The highest BCUT2D eigenvalue weighted by Gasteiger charge is 2.14. The van der Waals surface area contributed by atoms with Gasteiger partial charge >= 0.3 is 0 Å². The molecule has 0 radical (unpaired) electrons. The van der Waals surface area contributed by atoms with Crippen molar-refractivity contribution in [3.63, 3.8) is 0 Å². The van der Waals surface area contributed by atoms with Gasteiger partial charge in [-0.25, -0.2) is 8.42 Å². The van der Waals surface area contributed by atoms with Crippen LogP contribution in [0.25, 0.3) is 0 Å². The number of rotatable bonds is 5. The SMILES string of the molecule is NCc1cn(CCS(=O)(=O)c2ccc(Cl)cc2)nn1. The number of aromatic nitrogens is 3. The van der Waals surface area contributed by atoms with E-state index >= 15 is 0 Å². The summed E-state index contributed by atoms with van der Waals surface area (Å²) >= 11 is 5.72. The van der Waals surface area contributed by atoms with Gasteiger partial charge in [0, 0.05) is 17.8 Å². The Balaban J connectivity index is 2.07. The zero-order valence-electron chi connectivity index (χ0n) is 10.0. The largest absolute Gasteiger partial charge is 0.325 e. The van der Waals surface area contributed by atoms with Crippen LogP contribution in [0.3, 0.4) is 0 Å². The molecule has 1 aromatic heterocycles.